The third-order valence-corrected chi connectivity index (χ3v) is 4.07. The Bertz CT molecular complexity index is 560. The summed E-state index contributed by atoms with van der Waals surface area (Å²) >= 11 is 1.69. The van der Waals surface area contributed by atoms with Crippen molar-refractivity contribution in [1.82, 2.24) is 4.90 Å². The smallest absolute Gasteiger partial charge is 0.254 e. The van der Waals surface area contributed by atoms with Gasteiger partial charge in [0.1, 0.15) is 0 Å². The van der Waals surface area contributed by atoms with E-state index in [0.29, 0.717) is 6.54 Å². The molecule has 2 aromatic rings. The molecule has 2 rings (SSSR count). The second-order valence-electron chi connectivity index (χ2n) is 4.72. The zero-order valence-electron chi connectivity index (χ0n) is 11.6. The average molecular weight is 273 g/mol. The Labute approximate surface area is 118 Å². The van der Waals surface area contributed by atoms with Crippen LogP contribution in [0.25, 0.3) is 0 Å². The van der Waals surface area contributed by atoms with Crippen molar-refractivity contribution in [2.75, 3.05) is 6.54 Å². The topological polar surface area (TPSA) is 20.3 Å². The molecule has 19 heavy (non-hydrogen) atoms. The van der Waals surface area contributed by atoms with Crippen LogP contribution in [0.2, 0.25) is 0 Å². The van der Waals surface area contributed by atoms with Gasteiger partial charge in [-0.25, -0.2) is 0 Å². The number of carbonyl (C=O) groups excluding carboxylic acids is 1. The van der Waals surface area contributed by atoms with Crippen LogP contribution in [0.3, 0.4) is 0 Å². The van der Waals surface area contributed by atoms with Gasteiger partial charge >= 0.3 is 0 Å². The van der Waals surface area contributed by atoms with Crippen molar-refractivity contribution in [3.63, 3.8) is 0 Å². The Hall–Kier alpha value is -1.61. The molecule has 0 aliphatic heterocycles. The molecule has 0 spiro atoms. The van der Waals surface area contributed by atoms with E-state index in [0.717, 1.165) is 17.7 Å². The number of carbonyl (C=O) groups is 1. The number of thiophene rings is 1. The third kappa shape index (κ3) is 3.24. The van der Waals surface area contributed by atoms with Gasteiger partial charge in [-0.3, -0.25) is 4.79 Å². The lowest BCUT2D eigenvalue weighted by Gasteiger charge is -2.21. The van der Waals surface area contributed by atoms with E-state index in [1.807, 2.05) is 49.3 Å². The lowest BCUT2D eigenvalue weighted by molar-refractivity contribution is 0.0753. The first-order valence-electron chi connectivity index (χ1n) is 6.50. The van der Waals surface area contributed by atoms with Crippen molar-refractivity contribution in [2.45, 2.75) is 27.3 Å². The first kappa shape index (κ1) is 13.8. The van der Waals surface area contributed by atoms with E-state index in [2.05, 4.69) is 12.1 Å². The van der Waals surface area contributed by atoms with E-state index in [4.69, 9.17) is 0 Å². The minimum Gasteiger partial charge on any atom is -0.334 e. The van der Waals surface area contributed by atoms with Crippen molar-refractivity contribution in [3.05, 3.63) is 57.3 Å². The fourth-order valence-electron chi connectivity index (χ4n) is 2.14. The molecule has 1 aromatic heterocycles. The van der Waals surface area contributed by atoms with Crippen LogP contribution in [-0.2, 0) is 6.54 Å². The molecule has 0 radical (unpaired) electrons. The SMILES string of the molecule is CCN(Cc1cccs1)C(=O)c1ccc(C)cc1C. The Balaban J connectivity index is 2.20. The van der Waals surface area contributed by atoms with Gasteiger partial charge in [0.15, 0.2) is 0 Å². The lowest BCUT2D eigenvalue weighted by atomic mass is 10.0. The number of amides is 1. The van der Waals surface area contributed by atoms with E-state index in [-0.39, 0.29) is 5.91 Å². The van der Waals surface area contributed by atoms with Crippen LogP contribution in [-0.4, -0.2) is 17.4 Å². The van der Waals surface area contributed by atoms with Gasteiger partial charge in [-0.05, 0) is 43.8 Å². The summed E-state index contributed by atoms with van der Waals surface area (Å²) in [6.45, 7) is 7.49. The molecule has 0 bridgehead atoms. The average Bonchev–Trinajstić information content (AvgIpc) is 2.88. The highest BCUT2D eigenvalue weighted by atomic mass is 32.1. The molecule has 1 aromatic carbocycles. The van der Waals surface area contributed by atoms with Gasteiger partial charge in [0.25, 0.3) is 5.91 Å². The third-order valence-electron chi connectivity index (χ3n) is 3.21. The van der Waals surface area contributed by atoms with E-state index in [1.165, 1.54) is 10.4 Å². The molecule has 0 aliphatic rings. The maximum atomic E-state index is 12.6. The number of hydrogen-bond donors (Lipinski definition) is 0. The summed E-state index contributed by atoms with van der Waals surface area (Å²) in [6.07, 6.45) is 0. The quantitative estimate of drug-likeness (QED) is 0.823. The van der Waals surface area contributed by atoms with Gasteiger partial charge < -0.3 is 4.90 Å². The zero-order chi connectivity index (χ0) is 13.8. The Morgan fingerprint density at radius 2 is 2.05 bits per heavy atom. The number of nitrogens with zero attached hydrogens (tertiary/aromatic N) is 1. The standard InChI is InChI=1S/C16H19NOS/c1-4-17(11-14-6-5-9-19-14)16(18)15-8-7-12(2)10-13(15)3/h5-10H,4,11H2,1-3H3. The fourth-order valence-corrected chi connectivity index (χ4v) is 2.86. The highest BCUT2D eigenvalue weighted by Gasteiger charge is 2.16. The molecule has 0 aliphatic carbocycles. The predicted molar refractivity (Wildman–Crippen MR) is 80.6 cm³/mol. The summed E-state index contributed by atoms with van der Waals surface area (Å²) in [6, 6.07) is 10.1. The Morgan fingerprint density at radius 3 is 2.63 bits per heavy atom. The second kappa shape index (κ2) is 6.02. The number of benzene rings is 1. The van der Waals surface area contributed by atoms with Crippen LogP contribution in [0.1, 0.15) is 33.3 Å². The van der Waals surface area contributed by atoms with Gasteiger partial charge in [0.05, 0.1) is 6.54 Å². The highest BCUT2D eigenvalue weighted by Crippen LogP contribution is 2.17. The van der Waals surface area contributed by atoms with Crippen LogP contribution >= 0.6 is 11.3 Å². The first-order valence-corrected chi connectivity index (χ1v) is 7.38. The summed E-state index contributed by atoms with van der Waals surface area (Å²) in [4.78, 5) is 15.7. The van der Waals surface area contributed by atoms with Crippen molar-refractivity contribution >= 4 is 17.2 Å². The van der Waals surface area contributed by atoms with Crippen molar-refractivity contribution in [1.29, 1.82) is 0 Å². The molecule has 1 heterocycles. The minimum absolute atomic E-state index is 0.119. The van der Waals surface area contributed by atoms with Gasteiger partial charge in [-0.15, -0.1) is 11.3 Å². The molecule has 0 saturated heterocycles. The summed E-state index contributed by atoms with van der Waals surface area (Å²) in [7, 11) is 0. The highest BCUT2D eigenvalue weighted by molar-refractivity contribution is 7.09. The predicted octanol–water partition coefficient (Wildman–Crippen LogP) is 4.03. The zero-order valence-corrected chi connectivity index (χ0v) is 12.5. The summed E-state index contributed by atoms with van der Waals surface area (Å²) in [5.41, 5.74) is 3.05. The monoisotopic (exact) mass is 273 g/mol. The molecule has 0 unspecified atom stereocenters. The maximum Gasteiger partial charge on any atom is 0.254 e. The second-order valence-corrected chi connectivity index (χ2v) is 5.75. The fraction of sp³-hybridized carbons (Fsp3) is 0.312. The van der Waals surface area contributed by atoms with Gasteiger partial charge in [-0.2, -0.15) is 0 Å². The molecule has 3 heteroatoms. The van der Waals surface area contributed by atoms with Crippen LogP contribution in [0.4, 0.5) is 0 Å². The molecular weight excluding hydrogens is 254 g/mol. The van der Waals surface area contributed by atoms with Crippen molar-refractivity contribution in [3.8, 4) is 0 Å². The number of hydrogen-bond acceptors (Lipinski definition) is 2. The Morgan fingerprint density at radius 1 is 1.26 bits per heavy atom. The number of rotatable bonds is 4. The van der Waals surface area contributed by atoms with Crippen LogP contribution in [0.5, 0.6) is 0 Å². The van der Waals surface area contributed by atoms with E-state index in [9.17, 15) is 4.79 Å². The first-order chi connectivity index (χ1) is 9.11. The Kier molecular flexibility index (Phi) is 4.38. The van der Waals surface area contributed by atoms with Crippen LogP contribution in [0, 0.1) is 13.8 Å². The van der Waals surface area contributed by atoms with E-state index >= 15 is 0 Å². The molecule has 100 valence electrons. The maximum absolute atomic E-state index is 12.6. The number of aryl methyl sites for hydroxylation is 2. The summed E-state index contributed by atoms with van der Waals surface area (Å²) in [5.74, 6) is 0.119. The minimum atomic E-state index is 0.119. The lowest BCUT2D eigenvalue weighted by Crippen LogP contribution is -2.30. The van der Waals surface area contributed by atoms with Gasteiger partial charge in [-0.1, -0.05) is 23.8 Å². The van der Waals surface area contributed by atoms with Crippen molar-refractivity contribution < 1.29 is 4.79 Å². The molecular formula is C16H19NOS. The van der Waals surface area contributed by atoms with E-state index < -0.39 is 0 Å². The summed E-state index contributed by atoms with van der Waals surface area (Å²) in [5, 5.41) is 2.05. The molecule has 2 nitrogen and oxygen atoms in total. The molecule has 0 saturated carbocycles. The molecule has 0 atom stereocenters. The van der Waals surface area contributed by atoms with Gasteiger partial charge in [0, 0.05) is 17.0 Å². The summed E-state index contributed by atoms with van der Waals surface area (Å²) < 4.78 is 0. The van der Waals surface area contributed by atoms with Gasteiger partial charge in [0.2, 0.25) is 0 Å². The largest absolute Gasteiger partial charge is 0.334 e. The molecule has 0 N–H and O–H groups in total. The van der Waals surface area contributed by atoms with Crippen LogP contribution in [0.15, 0.2) is 35.7 Å². The molecule has 1 amide bonds. The van der Waals surface area contributed by atoms with Crippen LogP contribution < -0.4 is 0 Å². The van der Waals surface area contributed by atoms with E-state index in [1.54, 1.807) is 11.3 Å². The molecule has 0 fully saturated rings. The van der Waals surface area contributed by atoms with Crippen molar-refractivity contribution in [2.24, 2.45) is 0 Å². The normalized spacial score (nSPS) is 10.5.